The largest absolute Gasteiger partial charge is 0.508 e. The molecule has 0 bridgehead atoms. The van der Waals surface area contributed by atoms with E-state index in [2.05, 4.69) is 40.2 Å². The van der Waals surface area contributed by atoms with E-state index >= 15 is 0 Å². The number of phenolic OH excluding ortho intramolecular Hbond substituents is 1. The smallest absolute Gasteiger partial charge is 0.115 e. The van der Waals surface area contributed by atoms with Gasteiger partial charge in [-0.1, -0.05) is 58.4 Å². The first-order valence-corrected chi connectivity index (χ1v) is 7.28. The molecule has 1 nitrogen and oxygen atoms in total. The third-order valence-electron chi connectivity index (χ3n) is 3.05. The molecular weight excluding hydrogens is 288 g/mol. The van der Waals surface area contributed by atoms with Crippen LogP contribution in [0.15, 0.2) is 54.6 Å². The van der Waals surface area contributed by atoms with Crippen LogP contribution in [0.2, 0.25) is 0 Å². The normalized spacial score (nSPS) is 12.3. The molecule has 2 aromatic carbocycles. The second-order valence-electron chi connectivity index (χ2n) is 4.58. The van der Waals surface area contributed by atoms with Gasteiger partial charge >= 0.3 is 0 Å². The van der Waals surface area contributed by atoms with Crippen LogP contribution < -0.4 is 0 Å². The molecular formula is C16H17BrO. The molecule has 0 amide bonds. The molecule has 0 heterocycles. The van der Waals surface area contributed by atoms with E-state index in [1.54, 1.807) is 12.1 Å². The fourth-order valence-corrected chi connectivity index (χ4v) is 2.55. The zero-order valence-corrected chi connectivity index (χ0v) is 11.8. The first-order valence-electron chi connectivity index (χ1n) is 6.15. The zero-order chi connectivity index (χ0) is 12.8. The summed E-state index contributed by atoms with van der Waals surface area (Å²) in [6.45, 7) is 0. The van der Waals surface area contributed by atoms with Gasteiger partial charge in [-0.15, -0.1) is 0 Å². The third-order valence-corrected chi connectivity index (χ3v) is 3.96. The number of hydrogen-bond acceptors (Lipinski definition) is 1. The molecule has 0 fully saturated rings. The van der Waals surface area contributed by atoms with Crippen LogP contribution in [0.25, 0.3) is 0 Å². The summed E-state index contributed by atoms with van der Waals surface area (Å²) in [7, 11) is 0. The van der Waals surface area contributed by atoms with Gasteiger partial charge in [-0.3, -0.25) is 0 Å². The van der Waals surface area contributed by atoms with Crippen LogP contribution in [0.5, 0.6) is 5.75 Å². The Morgan fingerprint density at radius 3 is 1.94 bits per heavy atom. The van der Waals surface area contributed by atoms with Crippen molar-refractivity contribution in [2.75, 3.05) is 5.33 Å². The van der Waals surface area contributed by atoms with E-state index in [-0.39, 0.29) is 0 Å². The van der Waals surface area contributed by atoms with Gasteiger partial charge in [0.05, 0.1) is 0 Å². The van der Waals surface area contributed by atoms with E-state index in [0.29, 0.717) is 11.7 Å². The van der Waals surface area contributed by atoms with E-state index in [1.165, 1.54) is 11.1 Å². The monoisotopic (exact) mass is 304 g/mol. The fraction of sp³-hybridized carbons (Fsp3) is 0.250. The Labute approximate surface area is 117 Å². The number of alkyl halides is 1. The van der Waals surface area contributed by atoms with Gasteiger partial charge in [0.1, 0.15) is 5.75 Å². The van der Waals surface area contributed by atoms with E-state index < -0.39 is 0 Å². The predicted octanol–water partition coefficient (Wildman–Crippen LogP) is 4.19. The Bertz CT molecular complexity index is 464. The van der Waals surface area contributed by atoms with Crippen molar-refractivity contribution in [3.05, 3.63) is 65.7 Å². The van der Waals surface area contributed by atoms with E-state index in [0.717, 1.165) is 18.2 Å². The SMILES string of the molecule is Oc1ccc(CC(CBr)Cc2ccccc2)cc1. The summed E-state index contributed by atoms with van der Waals surface area (Å²) in [4.78, 5) is 0. The van der Waals surface area contributed by atoms with Gasteiger partial charge in [0.15, 0.2) is 0 Å². The number of phenols is 1. The van der Waals surface area contributed by atoms with E-state index in [9.17, 15) is 5.11 Å². The highest BCUT2D eigenvalue weighted by molar-refractivity contribution is 9.09. The quantitative estimate of drug-likeness (QED) is 0.821. The number of rotatable bonds is 5. The summed E-state index contributed by atoms with van der Waals surface area (Å²) in [5, 5.41) is 10.3. The lowest BCUT2D eigenvalue weighted by Gasteiger charge is -2.14. The molecule has 1 N–H and O–H groups in total. The van der Waals surface area contributed by atoms with E-state index in [4.69, 9.17) is 0 Å². The van der Waals surface area contributed by atoms with Gasteiger partial charge in [-0.25, -0.2) is 0 Å². The number of aromatic hydroxyl groups is 1. The van der Waals surface area contributed by atoms with E-state index in [1.807, 2.05) is 18.2 Å². The summed E-state index contributed by atoms with van der Waals surface area (Å²) in [6, 6.07) is 18.1. The molecule has 94 valence electrons. The lowest BCUT2D eigenvalue weighted by molar-refractivity contribution is 0.474. The molecule has 0 aliphatic rings. The van der Waals surface area contributed by atoms with Crippen molar-refractivity contribution in [3.8, 4) is 5.75 Å². The predicted molar refractivity (Wildman–Crippen MR) is 79.2 cm³/mol. The molecule has 2 heteroatoms. The standard InChI is InChI=1S/C16H17BrO/c17-12-15(10-13-4-2-1-3-5-13)11-14-6-8-16(18)9-7-14/h1-9,15,18H,10-12H2. The summed E-state index contributed by atoms with van der Waals surface area (Å²) >= 11 is 3.60. The topological polar surface area (TPSA) is 20.2 Å². The molecule has 1 unspecified atom stereocenters. The minimum absolute atomic E-state index is 0.331. The average molecular weight is 305 g/mol. The van der Waals surface area contributed by atoms with Crippen molar-refractivity contribution >= 4 is 15.9 Å². The third kappa shape index (κ3) is 3.88. The van der Waals surface area contributed by atoms with Gasteiger partial charge in [0, 0.05) is 5.33 Å². The van der Waals surface area contributed by atoms with Crippen molar-refractivity contribution in [2.45, 2.75) is 12.8 Å². The molecule has 0 saturated carbocycles. The molecule has 0 saturated heterocycles. The van der Waals surface area contributed by atoms with Crippen molar-refractivity contribution in [3.63, 3.8) is 0 Å². The second-order valence-corrected chi connectivity index (χ2v) is 5.23. The van der Waals surface area contributed by atoms with Crippen LogP contribution in [-0.2, 0) is 12.8 Å². The van der Waals surface area contributed by atoms with Crippen LogP contribution in [-0.4, -0.2) is 10.4 Å². The Kier molecular flexibility index (Phi) is 4.82. The maximum atomic E-state index is 9.27. The van der Waals surface area contributed by atoms with Crippen molar-refractivity contribution in [1.82, 2.24) is 0 Å². The van der Waals surface area contributed by atoms with Crippen LogP contribution in [0, 0.1) is 5.92 Å². The fourth-order valence-electron chi connectivity index (χ4n) is 2.09. The van der Waals surface area contributed by atoms with Gasteiger partial charge in [-0.2, -0.15) is 0 Å². The van der Waals surface area contributed by atoms with Gasteiger partial charge in [0.2, 0.25) is 0 Å². The minimum atomic E-state index is 0.331. The molecule has 0 aliphatic heterocycles. The van der Waals surface area contributed by atoms with Gasteiger partial charge in [0.25, 0.3) is 0 Å². The highest BCUT2D eigenvalue weighted by Crippen LogP contribution is 2.18. The summed E-state index contributed by atoms with van der Waals surface area (Å²) in [5.41, 5.74) is 2.65. The minimum Gasteiger partial charge on any atom is -0.508 e. The molecule has 0 aliphatic carbocycles. The van der Waals surface area contributed by atoms with Gasteiger partial charge in [-0.05, 0) is 42.0 Å². The first-order chi connectivity index (χ1) is 8.78. The molecule has 2 aromatic rings. The summed E-state index contributed by atoms with van der Waals surface area (Å²) in [5.74, 6) is 0.911. The summed E-state index contributed by atoms with van der Waals surface area (Å²) < 4.78 is 0. The average Bonchev–Trinajstić information content (AvgIpc) is 2.41. The van der Waals surface area contributed by atoms with Gasteiger partial charge < -0.3 is 5.11 Å². The Morgan fingerprint density at radius 1 is 0.833 bits per heavy atom. The Balaban J connectivity index is 1.99. The molecule has 0 radical (unpaired) electrons. The van der Waals surface area contributed by atoms with Crippen molar-refractivity contribution in [1.29, 1.82) is 0 Å². The molecule has 0 aromatic heterocycles. The van der Waals surface area contributed by atoms with Crippen molar-refractivity contribution < 1.29 is 5.11 Å². The lowest BCUT2D eigenvalue weighted by atomic mass is 9.94. The highest BCUT2D eigenvalue weighted by Gasteiger charge is 2.09. The number of hydrogen-bond donors (Lipinski definition) is 1. The second kappa shape index (κ2) is 6.60. The zero-order valence-electron chi connectivity index (χ0n) is 10.2. The maximum Gasteiger partial charge on any atom is 0.115 e. The molecule has 1 atom stereocenters. The van der Waals surface area contributed by atoms with Crippen LogP contribution in [0.4, 0.5) is 0 Å². The lowest BCUT2D eigenvalue weighted by Crippen LogP contribution is -2.09. The highest BCUT2D eigenvalue weighted by atomic mass is 79.9. The Morgan fingerprint density at radius 2 is 1.39 bits per heavy atom. The van der Waals surface area contributed by atoms with Crippen LogP contribution >= 0.6 is 15.9 Å². The molecule has 2 rings (SSSR count). The first kappa shape index (κ1) is 13.2. The molecule has 0 spiro atoms. The van der Waals surface area contributed by atoms with Crippen molar-refractivity contribution in [2.24, 2.45) is 5.92 Å². The number of halogens is 1. The maximum absolute atomic E-state index is 9.27. The Hall–Kier alpha value is -1.28. The number of benzene rings is 2. The summed E-state index contributed by atoms with van der Waals surface area (Å²) in [6.07, 6.45) is 2.10. The van der Waals surface area contributed by atoms with Crippen LogP contribution in [0.3, 0.4) is 0 Å². The molecule has 18 heavy (non-hydrogen) atoms. The van der Waals surface area contributed by atoms with Crippen LogP contribution in [0.1, 0.15) is 11.1 Å².